The second-order valence-electron chi connectivity index (χ2n) is 4.82. The minimum Gasteiger partial charge on any atom is -0.481 e. The molecule has 0 radical (unpaired) electrons. The zero-order chi connectivity index (χ0) is 17.7. The van der Waals surface area contributed by atoms with Gasteiger partial charge in [-0.05, 0) is 43.3 Å². The lowest BCUT2D eigenvalue weighted by atomic mass is 10.2. The summed E-state index contributed by atoms with van der Waals surface area (Å²) in [4.78, 5) is 23.5. The van der Waals surface area contributed by atoms with Crippen molar-refractivity contribution in [1.82, 2.24) is 10.9 Å². The molecular formula is C16H13F3N2O3. The fraction of sp³-hybridized carbons (Fsp3) is 0.125. The quantitative estimate of drug-likeness (QED) is 0.841. The third-order valence-electron chi connectivity index (χ3n) is 2.92. The van der Waals surface area contributed by atoms with Crippen molar-refractivity contribution in [3.63, 3.8) is 0 Å². The largest absolute Gasteiger partial charge is 0.481 e. The van der Waals surface area contributed by atoms with E-state index in [4.69, 9.17) is 4.74 Å². The van der Waals surface area contributed by atoms with E-state index in [9.17, 15) is 22.8 Å². The lowest BCUT2D eigenvalue weighted by Gasteiger charge is -2.15. The Labute approximate surface area is 135 Å². The van der Waals surface area contributed by atoms with Crippen molar-refractivity contribution < 1.29 is 27.5 Å². The highest BCUT2D eigenvalue weighted by molar-refractivity contribution is 5.95. The van der Waals surface area contributed by atoms with Crippen molar-refractivity contribution in [2.45, 2.75) is 13.0 Å². The molecule has 8 heteroatoms. The zero-order valence-electron chi connectivity index (χ0n) is 12.5. The van der Waals surface area contributed by atoms with Crippen molar-refractivity contribution in [3.05, 3.63) is 65.5 Å². The fourth-order valence-electron chi connectivity index (χ4n) is 1.75. The first-order valence-electron chi connectivity index (χ1n) is 6.83. The standard InChI is InChI=1S/C16H13F3N2O3/c1-9(24-14-4-2-11(17)3-5-14)15(22)20-21-16(23)10-6-12(18)8-13(19)7-10/h2-9H,1H3,(H,20,22)(H,21,23)/t9-/m1/s1. The van der Waals surface area contributed by atoms with Crippen LogP contribution in [0.5, 0.6) is 5.75 Å². The summed E-state index contributed by atoms with van der Waals surface area (Å²) in [6.45, 7) is 1.41. The van der Waals surface area contributed by atoms with Crippen LogP contribution in [0.3, 0.4) is 0 Å². The van der Waals surface area contributed by atoms with Crippen molar-refractivity contribution in [3.8, 4) is 5.75 Å². The Bertz CT molecular complexity index is 730. The predicted molar refractivity (Wildman–Crippen MR) is 78.5 cm³/mol. The van der Waals surface area contributed by atoms with E-state index in [1.54, 1.807) is 0 Å². The number of carbonyl (C=O) groups is 2. The molecule has 2 N–H and O–H groups in total. The number of hydrazine groups is 1. The number of hydrogen-bond donors (Lipinski definition) is 2. The van der Waals surface area contributed by atoms with Gasteiger partial charge in [-0.3, -0.25) is 20.4 Å². The van der Waals surface area contributed by atoms with E-state index in [0.717, 1.165) is 12.1 Å². The van der Waals surface area contributed by atoms with Crippen molar-refractivity contribution in [2.75, 3.05) is 0 Å². The van der Waals surface area contributed by atoms with Crippen LogP contribution < -0.4 is 15.6 Å². The van der Waals surface area contributed by atoms with Crippen LogP contribution in [0.15, 0.2) is 42.5 Å². The third kappa shape index (κ3) is 4.73. The van der Waals surface area contributed by atoms with Crippen molar-refractivity contribution in [2.24, 2.45) is 0 Å². The molecule has 2 rings (SSSR count). The molecule has 0 saturated carbocycles. The normalized spacial score (nSPS) is 11.5. The number of amides is 2. The first kappa shape index (κ1) is 17.3. The average Bonchev–Trinajstić information content (AvgIpc) is 2.53. The molecule has 24 heavy (non-hydrogen) atoms. The fourth-order valence-corrected chi connectivity index (χ4v) is 1.75. The Morgan fingerprint density at radius 1 is 0.917 bits per heavy atom. The Balaban J connectivity index is 1.89. The van der Waals surface area contributed by atoms with Crippen LogP contribution in [0.1, 0.15) is 17.3 Å². The van der Waals surface area contributed by atoms with Gasteiger partial charge in [-0.2, -0.15) is 0 Å². The Morgan fingerprint density at radius 3 is 2.08 bits per heavy atom. The predicted octanol–water partition coefficient (Wildman–Crippen LogP) is 2.33. The van der Waals surface area contributed by atoms with Crippen LogP contribution in [0, 0.1) is 17.5 Å². The van der Waals surface area contributed by atoms with Gasteiger partial charge in [-0.15, -0.1) is 0 Å². The zero-order valence-corrected chi connectivity index (χ0v) is 12.5. The molecular weight excluding hydrogens is 325 g/mol. The molecule has 0 fully saturated rings. The lowest BCUT2D eigenvalue weighted by Crippen LogP contribution is -2.47. The summed E-state index contributed by atoms with van der Waals surface area (Å²) in [7, 11) is 0. The number of benzene rings is 2. The Kier molecular flexibility index (Phi) is 5.41. The maximum Gasteiger partial charge on any atom is 0.279 e. The smallest absolute Gasteiger partial charge is 0.279 e. The van der Waals surface area contributed by atoms with Crippen LogP contribution >= 0.6 is 0 Å². The molecule has 2 aromatic rings. The second-order valence-corrected chi connectivity index (χ2v) is 4.82. The Morgan fingerprint density at radius 2 is 1.50 bits per heavy atom. The van der Waals surface area contributed by atoms with Gasteiger partial charge in [0.25, 0.3) is 11.8 Å². The van der Waals surface area contributed by atoms with Crippen LogP contribution in [-0.2, 0) is 4.79 Å². The van der Waals surface area contributed by atoms with E-state index in [-0.39, 0.29) is 11.3 Å². The van der Waals surface area contributed by atoms with Crippen molar-refractivity contribution >= 4 is 11.8 Å². The molecule has 0 spiro atoms. The number of ether oxygens (including phenoxy) is 1. The highest BCUT2D eigenvalue weighted by Crippen LogP contribution is 2.13. The van der Waals surface area contributed by atoms with Gasteiger partial charge in [-0.1, -0.05) is 0 Å². The highest BCUT2D eigenvalue weighted by atomic mass is 19.1. The molecule has 0 aliphatic heterocycles. The summed E-state index contributed by atoms with van der Waals surface area (Å²) in [5.74, 6) is -3.62. The van der Waals surface area contributed by atoms with E-state index in [1.165, 1.54) is 31.2 Å². The first-order valence-corrected chi connectivity index (χ1v) is 6.83. The molecule has 0 unspecified atom stereocenters. The molecule has 5 nitrogen and oxygen atoms in total. The topological polar surface area (TPSA) is 67.4 Å². The molecule has 0 aliphatic rings. The molecule has 0 aromatic heterocycles. The summed E-state index contributed by atoms with van der Waals surface area (Å²) in [5.41, 5.74) is 3.79. The van der Waals surface area contributed by atoms with Gasteiger partial charge >= 0.3 is 0 Å². The van der Waals surface area contributed by atoms with Gasteiger partial charge < -0.3 is 4.74 Å². The minimum absolute atomic E-state index is 0.262. The van der Waals surface area contributed by atoms with Crippen LogP contribution in [0.2, 0.25) is 0 Å². The molecule has 0 aliphatic carbocycles. The summed E-state index contributed by atoms with van der Waals surface area (Å²) in [5, 5.41) is 0. The maximum atomic E-state index is 13.0. The van der Waals surface area contributed by atoms with E-state index in [0.29, 0.717) is 6.07 Å². The molecule has 1 atom stereocenters. The van der Waals surface area contributed by atoms with Crippen LogP contribution in [0.4, 0.5) is 13.2 Å². The van der Waals surface area contributed by atoms with E-state index < -0.39 is 35.4 Å². The Hall–Kier alpha value is -3.03. The molecule has 0 bridgehead atoms. The van der Waals surface area contributed by atoms with Crippen LogP contribution in [0.25, 0.3) is 0 Å². The molecule has 0 saturated heterocycles. The highest BCUT2D eigenvalue weighted by Gasteiger charge is 2.16. The van der Waals surface area contributed by atoms with E-state index >= 15 is 0 Å². The summed E-state index contributed by atoms with van der Waals surface area (Å²) in [6, 6.07) is 7.28. The molecule has 2 aromatic carbocycles. The van der Waals surface area contributed by atoms with Gasteiger partial charge in [-0.25, -0.2) is 13.2 Å². The first-order chi connectivity index (χ1) is 11.3. The van der Waals surface area contributed by atoms with Gasteiger partial charge in [0.15, 0.2) is 6.10 Å². The lowest BCUT2D eigenvalue weighted by molar-refractivity contribution is -0.128. The van der Waals surface area contributed by atoms with Gasteiger partial charge in [0, 0.05) is 11.6 Å². The van der Waals surface area contributed by atoms with Gasteiger partial charge in [0.05, 0.1) is 0 Å². The van der Waals surface area contributed by atoms with E-state index in [2.05, 4.69) is 5.43 Å². The molecule has 2 amide bonds. The van der Waals surface area contributed by atoms with Crippen LogP contribution in [-0.4, -0.2) is 17.9 Å². The van der Waals surface area contributed by atoms with Gasteiger partial charge in [0.2, 0.25) is 0 Å². The second kappa shape index (κ2) is 7.49. The van der Waals surface area contributed by atoms with Crippen molar-refractivity contribution in [1.29, 1.82) is 0 Å². The maximum absolute atomic E-state index is 13.0. The minimum atomic E-state index is -1.000. The summed E-state index contributed by atoms with van der Waals surface area (Å²) in [6.07, 6.45) is -1.000. The number of rotatable bonds is 4. The molecule has 0 heterocycles. The van der Waals surface area contributed by atoms with E-state index in [1.807, 2.05) is 5.43 Å². The summed E-state index contributed by atoms with van der Waals surface area (Å²) >= 11 is 0. The SMILES string of the molecule is C[C@@H](Oc1ccc(F)cc1)C(=O)NNC(=O)c1cc(F)cc(F)c1. The number of nitrogens with one attached hydrogen (secondary N) is 2. The summed E-state index contributed by atoms with van der Waals surface area (Å²) < 4.78 is 44.1. The number of halogens is 3. The van der Waals surface area contributed by atoms with Gasteiger partial charge in [0.1, 0.15) is 23.2 Å². The third-order valence-corrected chi connectivity index (χ3v) is 2.92. The monoisotopic (exact) mass is 338 g/mol. The molecule has 126 valence electrons. The number of carbonyl (C=O) groups excluding carboxylic acids is 2. The number of hydrogen-bond acceptors (Lipinski definition) is 3. The average molecular weight is 338 g/mol.